The Kier molecular flexibility index (Phi) is 4.43. The maximum Gasteiger partial charge on any atom is 0.249 e. The minimum Gasteiger partial charge on any atom is -0.344 e. The average molecular weight is 301 g/mol. The third-order valence-corrected chi connectivity index (χ3v) is 4.68. The van der Waals surface area contributed by atoms with Crippen LogP contribution in [-0.2, 0) is 9.59 Å². The molecule has 0 aromatic heterocycles. The van der Waals surface area contributed by atoms with E-state index in [1.807, 2.05) is 30.3 Å². The Labute approximate surface area is 130 Å². The van der Waals surface area contributed by atoms with Crippen molar-refractivity contribution in [3.8, 4) is 0 Å². The van der Waals surface area contributed by atoms with Crippen LogP contribution in [0.2, 0.25) is 0 Å². The van der Waals surface area contributed by atoms with E-state index < -0.39 is 6.04 Å². The first kappa shape index (κ1) is 15.0. The number of carbonyl (C=O) groups excluding carboxylic acids is 2. The number of carbonyl (C=O) groups is 2. The highest BCUT2D eigenvalue weighted by molar-refractivity contribution is 6.01. The van der Waals surface area contributed by atoms with Crippen molar-refractivity contribution in [3.63, 3.8) is 0 Å². The second kappa shape index (κ2) is 6.48. The molecule has 3 rings (SSSR count). The van der Waals surface area contributed by atoms with E-state index in [4.69, 9.17) is 5.73 Å². The molecule has 1 aliphatic carbocycles. The van der Waals surface area contributed by atoms with Gasteiger partial charge in [0.2, 0.25) is 11.8 Å². The fraction of sp³-hybridized carbons (Fsp3) is 0.529. The molecule has 1 aliphatic heterocycles. The van der Waals surface area contributed by atoms with Gasteiger partial charge in [-0.25, -0.2) is 0 Å². The quantitative estimate of drug-likeness (QED) is 0.886. The second-order valence-electron chi connectivity index (χ2n) is 6.30. The van der Waals surface area contributed by atoms with Crippen molar-refractivity contribution < 1.29 is 9.59 Å². The predicted octanol–water partition coefficient (Wildman–Crippen LogP) is 1.43. The number of benzene rings is 1. The SMILES string of the molecule is NC1CCCC(C(=O)NC2CCN(c3ccccc3)C2=O)C1. The summed E-state index contributed by atoms with van der Waals surface area (Å²) in [5, 5.41) is 2.93. The first-order valence-electron chi connectivity index (χ1n) is 8.07. The van der Waals surface area contributed by atoms with Crippen molar-refractivity contribution in [1.29, 1.82) is 0 Å². The van der Waals surface area contributed by atoms with Crippen molar-refractivity contribution in [2.24, 2.45) is 11.7 Å². The summed E-state index contributed by atoms with van der Waals surface area (Å²) in [7, 11) is 0. The zero-order valence-electron chi connectivity index (χ0n) is 12.7. The van der Waals surface area contributed by atoms with Crippen LogP contribution in [0.15, 0.2) is 30.3 Å². The summed E-state index contributed by atoms with van der Waals surface area (Å²) in [6, 6.07) is 9.31. The van der Waals surface area contributed by atoms with Crippen molar-refractivity contribution in [2.75, 3.05) is 11.4 Å². The van der Waals surface area contributed by atoms with Gasteiger partial charge in [-0.1, -0.05) is 24.6 Å². The molecule has 1 saturated carbocycles. The number of nitrogens with zero attached hydrogens (tertiary/aromatic N) is 1. The van der Waals surface area contributed by atoms with E-state index >= 15 is 0 Å². The molecule has 2 aliphatic rings. The Balaban J connectivity index is 1.60. The lowest BCUT2D eigenvalue weighted by atomic mass is 9.85. The average Bonchev–Trinajstić information content (AvgIpc) is 2.89. The molecule has 1 aromatic carbocycles. The number of nitrogens with two attached hydrogens (primary N) is 1. The molecule has 3 unspecified atom stereocenters. The Morgan fingerprint density at radius 2 is 1.95 bits per heavy atom. The molecule has 3 atom stereocenters. The molecule has 0 radical (unpaired) electrons. The van der Waals surface area contributed by atoms with Crippen LogP contribution in [0.5, 0.6) is 0 Å². The van der Waals surface area contributed by atoms with Gasteiger partial charge in [0.25, 0.3) is 0 Å². The van der Waals surface area contributed by atoms with Crippen LogP contribution >= 0.6 is 0 Å². The normalized spacial score (nSPS) is 28.7. The predicted molar refractivity (Wildman–Crippen MR) is 85.3 cm³/mol. The van der Waals surface area contributed by atoms with E-state index in [1.54, 1.807) is 4.90 Å². The van der Waals surface area contributed by atoms with E-state index in [-0.39, 0.29) is 23.8 Å². The molecule has 0 bridgehead atoms. The maximum absolute atomic E-state index is 12.5. The lowest BCUT2D eigenvalue weighted by Gasteiger charge is -2.26. The van der Waals surface area contributed by atoms with Gasteiger partial charge in [0.05, 0.1) is 0 Å². The number of hydrogen-bond acceptors (Lipinski definition) is 3. The van der Waals surface area contributed by atoms with Crippen LogP contribution in [0, 0.1) is 5.92 Å². The third kappa shape index (κ3) is 3.14. The van der Waals surface area contributed by atoms with Crippen LogP contribution in [-0.4, -0.2) is 30.4 Å². The van der Waals surface area contributed by atoms with Gasteiger partial charge >= 0.3 is 0 Å². The smallest absolute Gasteiger partial charge is 0.249 e. The van der Waals surface area contributed by atoms with Crippen LogP contribution in [0.3, 0.4) is 0 Å². The highest BCUT2D eigenvalue weighted by Crippen LogP contribution is 2.25. The van der Waals surface area contributed by atoms with Crippen molar-refractivity contribution in [1.82, 2.24) is 5.32 Å². The number of amides is 2. The largest absolute Gasteiger partial charge is 0.344 e. The molecule has 0 spiro atoms. The molecule has 2 amide bonds. The summed E-state index contributed by atoms with van der Waals surface area (Å²) in [6.07, 6.45) is 4.26. The zero-order valence-corrected chi connectivity index (χ0v) is 12.7. The number of hydrogen-bond donors (Lipinski definition) is 2. The third-order valence-electron chi connectivity index (χ3n) is 4.68. The first-order valence-corrected chi connectivity index (χ1v) is 8.07. The minimum absolute atomic E-state index is 0.0107. The molecule has 5 nitrogen and oxygen atoms in total. The van der Waals surface area contributed by atoms with E-state index in [0.29, 0.717) is 13.0 Å². The number of nitrogens with one attached hydrogen (secondary N) is 1. The topological polar surface area (TPSA) is 75.4 Å². The summed E-state index contributed by atoms with van der Waals surface area (Å²) in [4.78, 5) is 26.6. The lowest BCUT2D eigenvalue weighted by Crippen LogP contribution is -2.45. The molecule has 22 heavy (non-hydrogen) atoms. The van der Waals surface area contributed by atoms with Crippen molar-refractivity contribution in [2.45, 2.75) is 44.2 Å². The van der Waals surface area contributed by atoms with E-state index in [2.05, 4.69) is 5.32 Å². The monoisotopic (exact) mass is 301 g/mol. The summed E-state index contributed by atoms with van der Waals surface area (Å²) < 4.78 is 0. The molecular formula is C17H23N3O2. The number of para-hydroxylation sites is 1. The molecule has 1 saturated heterocycles. The summed E-state index contributed by atoms with van der Waals surface area (Å²) in [5.74, 6) is -0.0644. The molecule has 5 heteroatoms. The molecular weight excluding hydrogens is 278 g/mol. The lowest BCUT2D eigenvalue weighted by molar-refractivity contribution is -0.130. The van der Waals surface area contributed by atoms with Crippen LogP contribution in [0.4, 0.5) is 5.69 Å². The highest BCUT2D eigenvalue weighted by Gasteiger charge is 2.35. The first-order chi connectivity index (χ1) is 10.6. The Bertz CT molecular complexity index is 546. The van der Waals surface area contributed by atoms with Gasteiger partial charge in [-0.3, -0.25) is 9.59 Å². The Morgan fingerprint density at radius 3 is 2.68 bits per heavy atom. The van der Waals surface area contributed by atoms with Gasteiger partial charge in [0, 0.05) is 24.2 Å². The van der Waals surface area contributed by atoms with Crippen molar-refractivity contribution in [3.05, 3.63) is 30.3 Å². The molecule has 1 aromatic rings. The van der Waals surface area contributed by atoms with Gasteiger partial charge < -0.3 is 16.0 Å². The summed E-state index contributed by atoms with van der Waals surface area (Å²) in [5.41, 5.74) is 6.83. The fourth-order valence-electron chi connectivity index (χ4n) is 3.43. The van der Waals surface area contributed by atoms with Gasteiger partial charge in [-0.15, -0.1) is 0 Å². The van der Waals surface area contributed by atoms with Gasteiger partial charge in [0.15, 0.2) is 0 Å². The maximum atomic E-state index is 12.5. The van der Waals surface area contributed by atoms with Gasteiger partial charge in [-0.2, -0.15) is 0 Å². The standard InChI is InChI=1S/C17H23N3O2/c18-13-6-4-5-12(11-13)16(21)19-15-9-10-20(17(15)22)14-7-2-1-3-8-14/h1-3,7-8,12-13,15H,4-6,9-11,18H2,(H,19,21). The Hall–Kier alpha value is -1.88. The van der Waals surface area contributed by atoms with Gasteiger partial charge in [0.1, 0.15) is 6.04 Å². The van der Waals surface area contributed by atoms with Crippen LogP contribution < -0.4 is 16.0 Å². The van der Waals surface area contributed by atoms with Gasteiger partial charge in [-0.05, 0) is 37.8 Å². The summed E-state index contributed by atoms with van der Waals surface area (Å²) >= 11 is 0. The minimum atomic E-state index is -0.397. The Morgan fingerprint density at radius 1 is 1.18 bits per heavy atom. The number of rotatable bonds is 3. The summed E-state index contributed by atoms with van der Waals surface area (Å²) in [6.45, 7) is 0.651. The fourth-order valence-corrected chi connectivity index (χ4v) is 3.43. The zero-order chi connectivity index (χ0) is 15.5. The molecule has 118 valence electrons. The van der Waals surface area contributed by atoms with E-state index in [0.717, 1.165) is 31.4 Å². The van der Waals surface area contributed by atoms with E-state index in [1.165, 1.54) is 0 Å². The van der Waals surface area contributed by atoms with Crippen LogP contribution in [0.1, 0.15) is 32.1 Å². The number of anilines is 1. The van der Waals surface area contributed by atoms with E-state index in [9.17, 15) is 9.59 Å². The molecule has 2 fully saturated rings. The highest BCUT2D eigenvalue weighted by atomic mass is 16.2. The van der Waals surface area contributed by atoms with Crippen molar-refractivity contribution >= 4 is 17.5 Å². The second-order valence-corrected chi connectivity index (χ2v) is 6.30. The molecule has 3 N–H and O–H groups in total. The molecule has 1 heterocycles. The van der Waals surface area contributed by atoms with Crippen LogP contribution in [0.25, 0.3) is 0 Å².